The fraction of sp³-hybridized carbons (Fsp3) is 0.647. The van der Waals surface area contributed by atoms with Gasteiger partial charge in [0.25, 0.3) is 0 Å². The molecule has 0 bridgehead atoms. The second-order valence-electron chi connectivity index (χ2n) is 6.07. The van der Waals surface area contributed by atoms with Gasteiger partial charge in [-0.1, -0.05) is 48.3 Å². The van der Waals surface area contributed by atoms with Crippen molar-refractivity contribution in [3.63, 3.8) is 0 Å². The second kappa shape index (κ2) is 7.44. The smallest absolute Gasteiger partial charge is 0.0178 e. The highest BCUT2D eigenvalue weighted by molar-refractivity contribution is 9.10. The summed E-state index contributed by atoms with van der Waals surface area (Å²) in [6.07, 6.45) is 6.59. The Morgan fingerprint density at radius 2 is 2.21 bits per heavy atom. The largest absolute Gasteiger partial charge is 0.313 e. The molecule has 1 aliphatic rings. The summed E-state index contributed by atoms with van der Waals surface area (Å²) >= 11 is 3.58. The monoisotopic (exact) mass is 323 g/mol. The van der Waals surface area contributed by atoms with E-state index in [1.165, 1.54) is 35.7 Å². The third-order valence-electron chi connectivity index (χ3n) is 4.31. The van der Waals surface area contributed by atoms with E-state index in [0.29, 0.717) is 6.04 Å². The van der Waals surface area contributed by atoms with E-state index < -0.39 is 0 Å². The highest BCUT2D eigenvalue weighted by atomic mass is 79.9. The van der Waals surface area contributed by atoms with Gasteiger partial charge in [0.15, 0.2) is 0 Å². The average Bonchev–Trinajstić information content (AvgIpc) is 2.81. The molecule has 106 valence electrons. The molecule has 1 saturated carbocycles. The molecule has 0 aliphatic heterocycles. The fourth-order valence-electron chi connectivity index (χ4n) is 3.27. The van der Waals surface area contributed by atoms with Crippen LogP contribution >= 0.6 is 15.9 Å². The van der Waals surface area contributed by atoms with Crippen molar-refractivity contribution < 1.29 is 0 Å². The topological polar surface area (TPSA) is 12.0 Å². The number of benzene rings is 1. The van der Waals surface area contributed by atoms with Crippen LogP contribution in [0, 0.1) is 11.8 Å². The van der Waals surface area contributed by atoms with E-state index in [0.717, 1.165) is 24.8 Å². The van der Waals surface area contributed by atoms with Gasteiger partial charge in [0.1, 0.15) is 0 Å². The highest BCUT2D eigenvalue weighted by Gasteiger charge is 2.28. The van der Waals surface area contributed by atoms with Gasteiger partial charge in [0.05, 0.1) is 0 Å². The average molecular weight is 324 g/mol. The Morgan fingerprint density at radius 1 is 1.37 bits per heavy atom. The van der Waals surface area contributed by atoms with Crippen LogP contribution in [0.3, 0.4) is 0 Å². The van der Waals surface area contributed by atoms with Gasteiger partial charge in [0.2, 0.25) is 0 Å². The van der Waals surface area contributed by atoms with E-state index in [-0.39, 0.29) is 0 Å². The van der Waals surface area contributed by atoms with Crippen LogP contribution in [-0.4, -0.2) is 12.6 Å². The van der Waals surface area contributed by atoms with Crippen LogP contribution < -0.4 is 5.32 Å². The van der Waals surface area contributed by atoms with Crippen molar-refractivity contribution in [2.75, 3.05) is 6.54 Å². The summed E-state index contributed by atoms with van der Waals surface area (Å²) in [6, 6.07) is 9.42. The van der Waals surface area contributed by atoms with Crippen LogP contribution in [0.5, 0.6) is 0 Å². The van der Waals surface area contributed by atoms with Crippen LogP contribution in [-0.2, 0) is 6.42 Å². The van der Waals surface area contributed by atoms with Gasteiger partial charge in [-0.05, 0) is 61.8 Å². The Balaban J connectivity index is 2.00. The van der Waals surface area contributed by atoms with Crippen LogP contribution in [0.1, 0.15) is 45.1 Å². The van der Waals surface area contributed by atoms with Crippen LogP contribution in [0.2, 0.25) is 0 Å². The van der Waals surface area contributed by atoms with Gasteiger partial charge in [0, 0.05) is 10.5 Å². The first kappa shape index (κ1) is 15.1. The number of hydrogen-bond acceptors (Lipinski definition) is 1. The van der Waals surface area contributed by atoms with E-state index in [2.05, 4.69) is 59.4 Å². The molecule has 0 aromatic heterocycles. The first-order valence-corrected chi connectivity index (χ1v) is 8.46. The van der Waals surface area contributed by atoms with Gasteiger partial charge in [-0.25, -0.2) is 0 Å². The normalized spacial score (nSPS) is 24.6. The lowest BCUT2D eigenvalue weighted by Gasteiger charge is -2.25. The number of halogens is 1. The summed E-state index contributed by atoms with van der Waals surface area (Å²) in [7, 11) is 0. The van der Waals surface area contributed by atoms with Gasteiger partial charge < -0.3 is 5.32 Å². The maximum Gasteiger partial charge on any atom is 0.0178 e. The SMILES string of the molecule is CCCNC(Cc1cccc(Br)c1)C1CCC(C)C1. The number of rotatable bonds is 6. The van der Waals surface area contributed by atoms with Crippen molar-refractivity contribution in [2.45, 2.75) is 52.0 Å². The minimum Gasteiger partial charge on any atom is -0.313 e. The van der Waals surface area contributed by atoms with E-state index in [9.17, 15) is 0 Å². The van der Waals surface area contributed by atoms with Crippen molar-refractivity contribution in [3.05, 3.63) is 34.3 Å². The Hall–Kier alpha value is -0.340. The minimum absolute atomic E-state index is 0.652. The minimum atomic E-state index is 0.652. The molecule has 0 spiro atoms. The molecule has 1 nitrogen and oxygen atoms in total. The molecule has 3 atom stereocenters. The Kier molecular flexibility index (Phi) is 5.90. The van der Waals surface area contributed by atoms with E-state index >= 15 is 0 Å². The summed E-state index contributed by atoms with van der Waals surface area (Å²) in [5, 5.41) is 3.78. The number of hydrogen-bond donors (Lipinski definition) is 1. The third kappa shape index (κ3) is 4.61. The molecule has 2 heteroatoms. The molecule has 0 saturated heterocycles. The molecule has 0 heterocycles. The molecule has 1 aliphatic carbocycles. The van der Waals surface area contributed by atoms with Crippen LogP contribution in [0.15, 0.2) is 28.7 Å². The summed E-state index contributed by atoms with van der Waals surface area (Å²) in [5.41, 5.74) is 1.45. The summed E-state index contributed by atoms with van der Waals surface area (Å²) < 4.78 is 1.19. The van der Waals surface area contributed by atoms with Crippen molar-refractivity contribution in [1.82, 2.24) is 5.32 Å². The first-order chi connectivity index (χ1) is 9.19. The third-order valence-corrected chi connectivity index (χ3v) is 4.80. The molecule has 19 heavy (non-hydrogen) atoms. The predicted octanol–water partition coefficient (Wildman–Crippen LogP) is 4.80. The zero-order chi connectivity index (χ0) is 13.7. The molecular weight excluding hydrogens is 298 g/mol. The van der Waals surface area contributed by atoms with Crippen LogP contribution in [0.25, 0.3) is 0 Å². The van der Waals surface area contributed by atoms with Gasteiger partial charge >= 0.3 is 0 Å². The maximum absolute atomic E-state index is 3.78. The lowest BCUT2D eigenvalue weighted by molar-refractivity contribution is 0.348. The lowest BCUT2D eigenvalue weighted by atomic mass is 9.91. The molecule has 1 aromatic rings. The van der Waals surface area contributed by atoms with Crippen LogP contribution in [0.4, 0.5) is 0 Å². The van der Waals surface area contributed by atoms with Crippen molar-refractivity contribution in [1.29, 1.82) is 0 Å². The van der Waals surface area contributed by atoms with Gasteiger partial charge in [-0.15, -0.1) is 0 Å². The predicted molar refractivity (Wildman–Crippen MR) is 86.4 cm³/mol. The maximum atomic E-state index is 3.78. The second-order valence-corrected chi connectivity index (χ2v) is 6.99. The fourth-order valence-corrected chi connectivity index (χ4v) is 3.72. The van der Waals surface area contributed by atoms with Crippen molar-refractivity contribution >= 4 is 15.9 Å². The molecule has 1 fully saturated rings. The van der Waals surface area contributed by atoms with Gasteiger partial charge in [-0.2, -0.15) is 0 Å². The Labute approximate surface area is 126 Å². The highest BCUT2D eigenvalue weighted by Crippen LogP contribution is 2.33. The first-order valence-electron chi connectivity index (χ1n) is 7.67. The molecule has 0 amide bonds. The molecule has 1 N–H and O–H groups in total. The summed E-state index contributed by atoms with van der Waals surface area (Å²) in [6.45, 7) is 5.79. The van der Waals surface area contributed by atoms with Crippen molar-refractivity contribution in [2.24, 2.45) is 11.8 Å². The van der Waals surface area contributed by atoms with E-state index in [1.807, 2.05) is 0 Å². The lowest BCUT2D eigenvalue weighted by Crippen LogP contribution is -2.37. The molecular formula is C17H26BrN. The Morgan fingerprint density at radius 3 is 2.84 bits per heavy atom. The van der Waals surface area contributed by atoms with E-state index in [1.54, 1.807) is 0 Å². The molecule has 0 radical (unpaired) electrons. The zero-order valence-corrected chi connectivity index (χ0v) is 13.7. The molecule has 1 aromatic carbocycles. The quantitative estimate of drug-likeness (QED) is 0.793. The number of nitrogens with one attached hydrogen (secondary N) is 1. The molecule has 3 unspecified atom stereocenters. The standard InChI is InChI=1S/C17H26BrN/c1-3-9-19-17(15-8-7-13(2)10-15)12-14-5-4-6-16(18)11-14/h4-6,11,13,15,17,19H,3,7-10,12H2,1-2H3. The summed E-state index contributed by atoms with van der Waals surface area (Å²) in [5.74, 6) is 1.78. The zero-order valence-electron chi connectivity index (χ0n) is 12.2. The summed E-state index contributed by atoms with van der Waals surface area (Å²) in [4.78, 5) is 0. The van der Waals surface area contributed by atoms with Gasteiger partial charge in [-0.3, -0.25) is 0 Å². The molecule has 2 rings (SSSR count). The van der Waals surface area contributed by atoms with Crippen molar-refractivity contribution in [3.8, 4) is 0 Å². The van der Waals surface area contributed by atoms with E-state index in [4.69, 9.17) is 0 Å². The Bertz CT molecular complexity index is 391.